The van der Waals surface area contributed by atoms with E-state index in [1.807, 2.05) is 13.8 Å². The topological polar surface area (TPSA) is 95.9 Å². The van der Waals surface area contributed by atoms with Crippen LogP contribution in [0.2, 0.25) is 0 Å². The van der Waals surface area contributed by atoms with Crippen LogP contribution in [0.25, 0.3) is 0 Å². The van der Waals surface area contributed by atoms with E-state index in [9.17, 15) is 14.4 Å². The largest absolute Gasteiger partial charge is 0.450 e. The van der Waals surface area contributed by atoms with Crippen molar-refractivity contribution in [2.45, 2.75) is 40.5 Å². The Labute approximate surface area is 144 Å². The number of imide groups is 1. The number of carbonyl (C=O) groups is 3. The molecule has 0 saturated carbocycles. The van der Waals surface area contributed by atoms with Crippen molar-refractivity contribution >= 4 is 17.9 Å². The first kappa shape index (κ1) is 22.1. The molecule has 0 atom stereocenters. The van der Waals surface area contributed by atoms with Gasteiger partial charge < -0.3 is 15.2 Å². The molecule has 1 aliphatic heterocycles. The van der Waals surface area contributed by atoms with E-state index in [1.54, 1.807) is 0 Å². The lowest BCUT2D eigenvalue weighted by Gasteiger charge is -2.14. The molecule has 0 bridgehead atoms. The van der Waals surface area contributed by atoms with Crippen LogP contribution in [0.4, 0.5) is 4.79 Å². The summed E-state index contributed by atoms with van der Waals surface area (Å²) in [5.74, 6) is 0.420. The number of alkyl carbamates (subject to hydrolysis) is 1. The van der Waals surface area contributed by atoms with E-state index < -0.39 is 6.09 Å². The van der Waals surface area contributed by atoms with Crippen LogP contribution in [-0.4, -0.2) is 54.2 Å². The molecule has 0 fully saturated rings. The molecule has 7 nitrogen and oxygen atoms in total. The number of nitrogens with one attached hydrogen (secondary N) is 1. The summed E-state index contributed by atoms with van der Waals surface area (Å²) in [7, 11) is 0. The van der Waals surface area contributed by atoms with Crippen molar-refractivity contribution in [1.82, 2.24) is 10.2 Å². The lowest BCUT2D eigenvalue weighted by atomic mass is 10.1. The van der Waals surface area contributed by atoms with Gasteiger partial charge in [-0.15, -0.1) is 0 Å². The van der Waals surface area contributed by atoms with Gasteiger partial charge in [0.2, 0.25) is 0 Å². The van der Waals surface area contributed by atoms with Crippen LogP contribution in [0.5, 0.6) is 0 Å². The van der Waals surface area contributed by atoms with Crippen molar-refractivity contribution < 1.29 is 24.2 Å². The summed E-state index contributed by atoms with van der Waals surface area (Å²) in [5, 5.41) is 10.7. The molecule has 24 heavy (non-hydrogen) atoms. The second-order valence-electron chi connectivity index (χ2n) is 6.31. The highest BCUT2D eigenvalue weighted by Crippen LogP contribution is 2.02. The lowest BCUT2D eigenvalue weighted by Crippen LogP contribution is -2.38. The van der Waals surface area contributed by atoms with Gasteiger partial charge in [-0.25, -0.2) is 4.79 Å². The van der Waals surface area contributed by atoms with Crippen LogP contribution in [0.15, 0.2) is 12.2 Å². The van der Waals surface area contributed by atoms with E-state index in [0.29, 0.717) is 25.0 Å². The first-order valence-electron chi connectivity index (χ1n) is 8.32. The fourth-order valence-corrected chi connectivity index (χ4v) is 1.62. The zero-order valence-electron chi connectivity index (χ0n) is 15.1. The minimum Gasteiger partial charge on any atom is -0.450 e. The van der Waals surface area contributed by atoms with Gasteiger partial charge in [-0.2, -0.15) is 0 Å². The Kier molecular flexibility index (Phi) is 11.5. The minimum absolute atomic E-state index is 0.157. The van der Waals surface area contributed by atoms with Crippen LogP contribution in [0.1, 0.15) is 40.5 Å². The van der Waals surface area contributed by atoms with Gasteiger partial charge >= 0.3 is 6.09 Å². The van der Waals surface area contributed by atoms with E-state index in [-0.39, 0.29) is 24.9 Å². The van der Waals surface area contributed by atoms with E-state index in [1.165, 1.54) is 12.2 Å². The first-order chi connectivity index (χ1) is 11.3. The number of aliphatic hydroxyl groups is 1. The van der Waals surface area contributed by atoms with Crippen molar-refractivity contribution in [3.8, 4) is 0 Å². The predicted molar refractivity (Wildman–Crippen MR) is 91.2 cm³/mol. The van der Waals surface area contributed by atoms with Crippen molar-refractivity contribution in [1.29, 1.82) is 0 Å². The molecule has 1 heterocycles. The maximum Gasteiger partial charge on any atom is 0.407 e. The number of amides is 3. The smallest absolute Gasteiger partial charge is 0.407 e. The van der Waals surface area contributed by atoms with Crippen LogP contribution in [0.3, 0.4) is 0 Å². The standard InChI is InChI=1S/C12H18N2O4.C5H12O/c1-9(2)5-8-18-12(17)13-6-7-14-10(15)3-4-11(14)16;1-5(2)3-4-6/h3-4,9H,5-8H2,1-2H3,(H,13,17);5-6H,3-4H2,1-2H3. The Balaban J connectivity index is 0.000000754. The molecule has 0 aromatic rings. The summed E-state index contributed by atoms with van der Waals surface area (Å²) in [4.78, 5) is 34.7. The van der Waals surface area contributed by atoms with E-state index in [0.717, 1.165) is 17.7 Å². The monoisotopic (exact) mass is 342 g/mol. The molecule has 2 N–H and O–H groups in total. The number of carbonyl (C=O) groups excluding carboxylic acids is 3. The lowest BCUT2D eigenvalue weighted by molar-refractivity contribution is -0.136. The number of rotatable bonds is 8. The third-order valence-electron chi connectivity index (χ3n) is 3.14. The molecular formula is C17H30N2O5. The van der Waals surface area contributed by atoms with Crippen molar-refractivity contribution in [2.24, 2.45) is 11.8 Å². The van der Waals surface area contributed by atoms with Gasteiger partial charge in [0.05, 0.1) is 6.61 Å². The molecule has 0 aromatic carbocycles. The number of hydrogen-bond donors (Lipinski definition) is 2. The minimum atomic E-state index is -0.525. The molecule has 0 spiro atoms. The van der Waals surface area contributed by atoms with E-state index in [2.05, 4.69) is 19.2 Å². The maximum atomic E-state index is 11.2. The summed E-state index contributed by atoms with van der Waals surface area (Å²) < 4.78 is 4.92. The van der Waals surface area contributed by atoms with E-state index >= 15 is 0 Å². The number of hydrogen-bond acceptors (Lipinski definition) is 5. The maximum absolute atomic E-state index is 11.2. The summed E-state index contributed by atoms with van der Waals surface area (Å²) in [6, 6.07) is 0. The van der Waals surface area contributed by atoms with Crippen LogP contribution in [0, 0.1) is 11.8 Å². The number of ether oxygens (including phenoxy) is 1. The molecule has 0 radical (unpaired) electrons. The normalized spacial score (nSPS) is 13.4. The Hall–Kier alpha value is -1.89. The quantitative estimate of drug-likeness (QED) is 0.655. The van der Waals surface area contributed by atoms with Crippen LogP contribution in [-0.2, 0) is 14.3 Å². The van der Waals surface area contributed by atoms with Crippen molar-refractivity contribution in [3.05, 3.63) is 12.2 Å². The second kappa shape index (κ2) is 12.5. The molecule has 0 aromatic heterocycles. The van der Waals surface area contributed by atoms with Gasteiger partial charge in [-0.05, 0) is 24.7 Å². The van der Waals surface area contributed by atoms with Crippen LogP contribution < -0.4 is 5.32 Å². The highest BCUT2D eigenvalue weighted by Gasteiger charge is 2.22. The Morgan fingerprint density at radius 2 is 1.67 bits per heavy atom. The van der Waals surface area contributed by atoms with Crippen molar-refractivity contribution in [3.63, 3.8) is 0 Å². The Bertz CT molecular complexity index is 415. The average Bonchev–Trinajstić information content (AvgIpc) is 2.79. The SMILES string of the molecule is CC(C)CCO.CC(C)CCOC(=O)NCCN1C(=O)C=CC1=O. The number of aliphatic hydroxyl groups excluding tert-OH is 1. The first-order valence-corrected chi connectivity index (χ1v) is 8.32. The van der Waals surface area contributed by atoms with E-state index in [4.69, 9.17) is 9.84 Å². The fraction of sp³-hybridized carbons (Fsp3) is 0.706. The molecule has 7 heteroatoms. The Morgan fingerprint density at radius 1 is 1.12 bits per heavy atom. The van der Waals surface area contributed by atoms with Gasteiger partial charge in [0.25, 0.3) is 11.8 Å². The molecule has 1 aliphatic rings. The second-order valence-corrected chi connectivity index (χ2v) is 6.31. The molecular weight excluding hydrogens is 312 g/mol. The summed E-state index contributed by atoms with van der Waals surface area (Å²) in [6.07, 6.45) is 3.63. The molecule has 1 rings (SSSR count). The zero-order valence-corrected chi connectivity index (χ0v) is 15.1. The zero-order chi connectivity index (χ0) is 18.5. The van der Waals surface area contributed by atoms with Gasteiger partial charge in [-0.1, -0.05) is 27.7 Å². The number of nitrogens with zero attached hydrogens (tertiary/aromatic N) is 1. The molecule has 138 valence electrons. The molecule has 3 amide bonds. The average molecular weight is 342 g/mol. The Morgan fingerprint density at radius 3 is 2.08 bits per heavy atom. The van der Waals surface area contributed by atoms with Crippen LogP contribution >= 0.6 is 0 Å². The summed E-state index contributed by atoms with van der Waals surface area (Å²) in [6.45, 7) is 9.32. The van der Waals surface area contributed by atoms with Gasteiger partial charge in [-0.3, -0.25) is 14.5 Å². The highest BCUT2D eigenvalue weighted by molar-refractivity contribution is 6.12. The summed E-state index contributed by atoms with van der Waals surface area (Å²) >= 11 is 0. The molecule has 0 saturated heterocycles. The predicted octanol–water partition coefficient (Wildman–Crippen LogP) is 1.71. The summed E-state index contributed by atoms with van der Waals surface area (Å²) in [5.41, 5.74) is 0. The van der Waals surface area contributed by atoms with Gasteiger partial charge in [0, 0.05) is 31.8 Å². The third kappa shape index (κ3) is 10.8. The van der Waals surface area contributed by atoms with Gasteiger partial charge in [0.15, 0.2) is 0 Å². The fourth-order valence-electron chi connectivity index (χ4n) is 1.62. The highest BCUT2D eigenvalue weighted by atomic mass is 16.5. The third-order valence-corrected chi connectivity index (χ3v) is 3.14. The van der Waals surface area contributed by atoms with Gasteiger partial charge in [0.1, 0.15) is 0 Å². The molecule has 0 unspecified atom stereocenters. The van der Waals surface area contributed by atoms with Crippen molar-refractivity contribution in [2.75, 3.05) is 26.3 Å². The molecule has 0 aliphatic carbocycles.